The van der Waals surface area contributed by atoms with Gasteiger partial charge in [0.2, 0.25) is 11.8 Å². The van der Waals surface area contributed by atoms with E-state index in [1.807, 2.05) is 13.8 Å². The molecule has 2 rings (SSSR count). The standard InChI is InChI=1S/C17H24FN3O2/c1-12(22)21-9-8-19-10-15(21)16(23)20-11-17(2,3)13-6-4-5-7-14(13)18/h4-7,15,19H,8-11H2,1-3H3,(H,20,23). The second-order valence-electron chi connectivity index (χ2n) is 6.51. The van der Waals surface area contributed by atoms with E-state index in [0.717, 1.165) is 0 Å². The van der Waals surface area contributed by atoms with Crippen molar-refractivity contribution >= 4 is 11.8 Å². The number of rotatable bonds is 4. The number of hydrogen-bond donors (Lipinski definition) is 2. The molecule has 1 heterocycles. The Balaban J connectivity index is 2.03. The fraction of sp³-hybridized carbons (Fsp3) is 0.529. The van der Waals surface area contributed by atoms with Gasteiger partial charge in [0.1, 0.15) is 11.9 Å². The molecule has 1 saturated heterocycles. The van der Waals surface area contributed by atoms with Gasteiger partial charge in [0.15, 0.2) is 0 Å². The van der Waals surface area contributed by atoms with Crippen molar-refractivity contribution in [2.75, 3.05) is 26.2 Å². The molecule has 1 aromatic carbocycles. The quantitative estimate of drug-likeness (QED) is 0.871. The van der Waals surface area contributed by atoms with Gasteiger partial charge in [-0.2, -0.15) is 0 Å². The first-order chi connectivity index (χ1) is 10.8. The Hall–Kier alpha value is -1.95. The summed E-state index contributed by atoms with van der Waals surface area (Å²) in [5, 5.41) is 5.99. The molecule has 0 aromatic heterocycles. The average molecular weight is 321 g/mol. The third kappa shape index (κ3) is 4.07. The Morgan fingerprint density at radius 3 is 2.74 bits per heavy atom. The predicted octanol–water partition coefficient (Wildman–Crippen LogP) is 1.04. The molecular formula is C17H24FN3O2. The van der Waals surface area contributed by atoms with Gasteiger partial charge >= 0.3 is 0 Å². The number of hydrogen-bond acceptors (Lipinski definition) is 3. The largest absolute Gasteiger partial charge is 0.353 e. The second-order valence-corrected chi connectivity index (χ2v) is 6.51. The van der Waals surface area contributed by atoms with E-state index < -0.39 is 11.5 Å². The minimum Gasteiger partial charge on any atom is -0.353 e. The first kappa shape index (κ1) is 17.4. The summed E-state index contributed by atoms with van der Waals surface area (Å²) >= 11 is 0. The lowest BCUT2D eigenvalue weighted by Crippen LogP contribution is -2.59. The molecule has 2 amide bonds. The molecule has 0 aliphatic carbocycles. The maximum Gasteiger partial charge on any atom is 0.244 e. The van der Waals surface area contributed by atoms with Gasteiger partial charge in [-0.15, -0.1) is 0 Å². The summed E-state index contributed by atoms with van der Waals surface area (Å²) < 4.78 is 14.0. The van der Waals surface area contributed by atoms with E-state index in [2.05, 4.69) is 10.6 Å². The molecule has 1 aromatic rings. The number of carbonyl (C=O) groups is 2. The van der Waals surface area contributed by atoms with E-state index in [-0.39, 0.29) is 17.6 Å². The van der Waals surface area contributed by atoms with Crippen LogP contribution >= 0.6 is 0 Å². The maximum atomic E-state index is 14.0. The van der Waals surface area contributed by atoms with E-state index in [4.69, 9.17) is 0 Å². The van der Waals surface area contributed by atoms with Gasteiger partial charge in [0.25, 0.3) is 0 Å². The van der Waals surface area contributed by atoms with Crippen molar-refractivity contribution in [2.45, 2.75) is 32.2 Å². The molecule has 2 N–H and O–H groups in total. The van der Waals surface area contributed by atoms with Crippen molar-refractivity contribution in [3.8, 4) is 0 Å². The van der Waals surface area contributed by atoms with E-state index in [0.29, 0.717) is 31.7 Å². The lowest BCUT2D eigenvalue weighted by molar-refractivity contribution is -0.140. The first-order valence-electron chi connectivity index (χ1n) is 7.83. The fourth-order valence-electron chi connectivity index (χ4n) is 2.85. The minimum atomic E-state index is -0.538. The van der Waals surface area contributed by atoms with E-state index in [9.17, 15) is 14.0 Å². The van der Waals surface area contributed by atoms with E-state index in [1.54, 1.807) is 23.1 Å². The molecule has 0 saturated carbocycles. The number of piperazine rings is 1. The van der Waals surface area contributed by atoms with Gasteiger partial charge in [-0.25, -0.2) is 4.39 Å². The van der Waals surface area contributed by atoms with Crippen LogP contribution in [0.5, 0.6) is 0 Å². The third-order valence-corrected chi connectivity index (χ3v) is 4.26. The van der Waals surface area contributed by atoms with Crippen LogP contribution in [0, 0.1) is 5.82 Å². The van der Waals surface area contributed by atoms with Crippen LogP contribution in [-0.4, -0.2) is 48.9 Å². The SMILES string of the molecule is CC(=O)N1CCNCC1C(=O)NCC(C)(C)c1ccccc1F. The summed E-state index contributed by atoms with van der Waals surface area (Å²) in [7, 11) is 0. The Labute approximate surface area is 136 Å². The second kappa shape index (κ2) is 7.08. The number of amides is 2. The molecule has 0 bridgehead atoms. The number of nitrogens with zero attached hydrogens (tertiary/aromatic N) is 1. The van der Waals surface area contributed by atoms with Crippen LogP contribution in [0.2, 0.25) is 0 Å². The Kier molecular flexibility index (Phi) is 5.36. The number of benzene rings is 1. The van der Waals surface area contributed by atoms with Gasteiger partial charge in [0, 0.05) is 38.5 Å². The lowest BCUT2D eigenvalue weighted by Gasteiger charge is -2.35. The summed E-state index contributed by atoms with van der Waals surface area (Å²) in [6, 6.07) is 6.06. The van der Waals surface area contributed by atoms with Crippen LogP contribution in [0.15, 0.2) is 24.3 Å². The minimum absolute atomic E-state index is 0.111. The summed E-state index contributed by atoms with van der Waals surface area (Å²) in [4.78, 5) is 25.7. The molecule has 6 heteroatoms. The van der Waals surface area contributed by atoms with Gasteiger partial charge in [0.05, 0.1) is 0 Å². The smallest absolute Gasteiger partial charge is 0.244 e. The lowest BCUT2D eigenvalue weighted by atomic mass is 9.84. The first-order valence-corrected chi connectivity index (χ1v) is 7.83. The van der Waals surface area contributed by atoms with Crippen molar-refractivity contribution in [3.63, 3.8) is 0 Å². The van der Waals surface area contributed by atoms with Crippen molar-refractivity contribution in [3.05, 3.63) is 35.6 Å². The summed E-state index contributed by atoms with van der Waals surface area (Å²) in [6.45, 7) is 7.17. The highest BCUT2D eigenvalue weighted by Crippen LogP contribution is 2.24. The highest BCUT2D eigenvalue weighted by molar-refractivity contribution is 5.87. The highest BCUT2D eigenvalue weighted by atomic mass is 19.1. The zero-order valence-corrected chi connectivity index (χ0v) is 13.9. The zero-order valence-electron chi connectivity index (χ0n) is 13.9. The van der Waals surface area contributed by atoms with Crippen molar-refractivity contribution in [1.82, 2.24) is 15.5 Å². The topological polar surface area (TPSA) is 61.4 Å². The van der Waals surface area contributed by atoms with Crippen LogP contribution in [0.3, 0.4) is 0 Å². The Bertz CT molecular complexity index is 589. The molecular weight excluding hydrogens is 297 g/mol. The van der Waals surface area contributed by atoms with Crippen LogP contribution in [0.4, 0.5) is 4.39 Å². The van der Waals surface area contributed by atoms with Crippen LogP contribution in [-0.2, 0) is 15.0 Å². The average Bonchev–Trinajstić information content (AvgIpc) is 2.53. The predicted molar refractivity (Wildman–Crippen MR) is 86.5 cm³/mol. The molecule has 5 nitrogen and oxygen atoms in total. The number of carbonyl (C=O) groups excluding carboxylic acids is 2. The molecule has 1 atom stereocenters. The fourth-order valence-corrected chi connectivity index (χ4v) is 2.85. The summed E-state index contributed by atoms with van der Waals surface area (Å²) in [5.41, 5.74) is 0.0231. The van der Waals surface area contributed by atoms with Gasteiger partial charge in [-0.1, -0.05) is 32.0 Å². The molecule has 0 spiro atoms. The molecule has 126 valence electrons. The summed E-state index contributed by atoms with van der Waals surface area (Å²) in [5.74, 6) is -0.603. The summed E-state index contributed by atoms with van der Waals surface area (Å²) in [6.07, 6.45) is 0. The third-order valence-electron chi connectivity index (χ3n) is 4.26. The van der Waals surface area contributed by atoms with Crippen LogP contribution in [0.25, 0.3) is 0 Å². The molecule has 1 aliphatic rings. The van der Waals surface area contributed by atoms with Gasteiger partial charge in [-0.05, 0) is 11.6 Å². The number of nitrogens with one attached hydrogen (secondary N) is 2. The van der Waals surface area contributed by atoms with Crippen molar-refractivity contribution in [2.24, 2.45) is 0 Å². The van der Waals surface area contributed by atoms with Crippen molar-refractivity contribution < 1.29 is 14.0 Å². The van der Waals surface area contributed by atoms with E-state index in [1.165, 1.54) is 13.0 Å². The normalized spacial score (nSPS) is 18.6. The Morgan fingerprint density at radius 1 is 1.39 bits per heavy atom. The molecule has 1 aliphatic heterocycles. The van der Waals surface area contributed by atoms with Crippen LogP contribution in [0.1, 0.15) is 26.3 Å². The van der Waals surface area contributed by atoms with Crippen LogP contribution < -0.4 is 10.6 Å². The maximum absolute atomic E-state index is 14.0. The van der Waals surface area contributed by atoms with Crippen molar-refractivity contribution in [1.29, 1.82) is 0 Å². The van der Waals surface area contributed by atoms with E-state index >= 15 is 0 Å². The van der Waals surface area contributed by atoms with Gasteiger partial charge < -0.3 is 15.5 Å². The Morgan fingerprint density at radius 2 is 2.09 bits per heavy atom. The molecule has 1 fully saturated rings. The molecule has 23 heavy (non-hydrogen) atoms. The highest BCUT2D eigenvalue weighted by Gasteiger charge is 2.32. The van der Waals surface area contributed by atoms with Gasteiger partial charge in [-0.3, -0.25) is 9.59 Å². The monoisotopic (exact) mass is 321 g/mol. The molecule has 1 unspecified atom stereocenters. The zero-order chi connectivity index (χ0) is 17.0. The number of halogens is 1. The molecule has 0 radical (unpaired) electrons.